The van der Waals surface area contributed by atoms with E-state index in [2.05, 4.69) is 55.1 Å². The first kappa shape index (κ1) is 29.7. The van der Waals surface area contributed by atoms with E-state index in [0.717, 1.165) is 30.7 Å². The third-order valence-electron chi connectivity index (χ3n) is 6.53. The first-order chi connectivity index (χ1) is 17.5. The third-order valence-corrected chi connectivity index (χ3v) is 6.53. The van der Waals surface area contributed by atoms with Crippen LogP contribution in [0.4, 0.5) is 0 Å². The van der Waals surface area contributed by atoms with Gasteiger partial charge >= 0.3 is 0 Å². The predicted molar refractivity (Wildman–Crippen MR) is 148 cm³/mol. The minimum absolute atomic E-state index is 0.00905. The van der Waals surface area contributed by atoms with Crippen LogP contribution in [-0.4, -0.2) is 35.6 Å². The topological polar surface area (TPSA) is 76.2 Å². The number of rotatable bonds is 20. The van der Waals surface area contributed by atoms with Crippen molar-refractivity contribution in [2.24, 2.45) is 5.92 Å². The number of ether oxygens (including phenoxy) is 2. The molecule has 0 aliphatic rings. The summed E-state index contributed by atoms with van der Waals surface area (Å²) in [4.78, 5) is 19.3. The van der Waals surface area contributed by atoms with Crippen LogP contribution in [0.5, 0.6) is 11.5 Å². The second-order valence-electron chi connectivity index (χ2n) is 10.3. The zero-order valence-corrected chi connectivity index (χ0v) is 23.1. The molecule has 1 amide bonds. The van der Waals surface area contributed by atoms with E-state index in [1.54, 1.807) is 12.5 Å². The lowest BCUT2D eigenvalue weighted by atomic mass is 9.88. The van der Waals surface area contributed by atoms with E-state index < -0.39 is 0 Å². The van der Waals surface area contributed by atoms with Gasteiger partial charge in [0.2, 0.25) is 0 Å². The largest absolute Gasteiger partial charge is 0.493 e. The van der Waals surface area contributed by atoms with Crippen LogP contribution in [0.2, 0.25) is 0 Å². The molecule has 0 aliphatic heterocycles. The van der Waals surface area contributed by atoms with E-state index >= 15 is 0 Å². The maximum absolute atomic E-state index is 12.3. The van der Waals surface area contributed by atoms with Crippen LogP contribution in [-0.2, 0) is 11.2 Å². The van der Waals surface area contributed by atoms with Gasteiger partial charge in [0.25, 0.3) is 5.91 Å². The summed E-state index contributed by atoms with van der Waals surface area (Å²) in [6, 6.07) is 6.17. The molecule has 1 aromatic carbocycles. The summed E-state index contributed by atoms with van der Waals surface area (Å²) in [5.74, 6) is 2.47. The van der Waals surface area contributed by atoms with Crippen LogP contribution in [0.3, 0.4) is 0 Å². The molecule has 6 heteroatoms. The van der Waals surface area contributed by atoms with E-state index in [4.69, 9.17) is 9.47 Å². The molecule has 0 spiro atoms. The zero-order chi connectivity index (χ0) is 26.0. The highest BCUT2D eigenvalue weighted by Gasteiger charge is 2.15. The molecule has 0 aliphatic carbocycles. The van der Waals surface area contributed by atoms with Gasteiger partial charge in [-0.2, -0.15) is 0 Å². The van der Waals surface area contributed by atoms with E-state index in [-0.39, 0.29) is 12.5 Å². The Hall–Kier alpha value is -2.50. The maximum atomic E-state index is 12.3. The average Bonchev–Trinajstić information content (AvgIpc) is 3.38. The van der Waals surface area contributed by atoms with Gasteiger partial charge in [-0.15, -0.1) is 0 Å². The molecule has 1 heterocycles. The Balaban J connectivity index is 1.87. The summed E-state index contributed by atoms with van der Waals surface area (Å²) in [6.45, 7) is 10.3. The normalized spacial score (nSPS) is 12.0. The molecule has 36 heavy (non-hydrogen) atoms. The molecule has 0 saturated heterocycles. The quantitative estimate of drug-likeness (QED) is 0.189. The SMILES string of the molecule is CCCCCCCCCCOc1cc(OCC(=O)NCCc2cnc[nH]2)cc(C(CC)CC(C)C)c1. The van der Waals surface area contributed by atoms with Crippen molar-refractivity contribution >= 4 is 5.91 Å². The Bertz CT molecular complexity index is 836. The minimum Gasteiger partial charge on any atom is -0.493 e. The molecule has 2 rings (SSSR count). The number of hydrogen-bond donors (Lipinski definition) is 2. The number of aromatic nitrogens is 2. The molecule has 2 aromatic rings. The van der Waals surface area contributed by atoms with Gasteiger partial charge in [-0.25, -0.2) is 4.98 Å². The Morgan fingerprint density at radius 2 is 1.67 bits per heavy atom. The first-order valence-electron chi connectivity index (χ1n) is 14.2. The number of carbonyl (C=O) groups is 1. The van der Waals surface area contributed by atoms with Crippen LogP contribution < -0.4 is 14.8 Å². The fourth-order valence-corrected chi connectivity index (χ4v) is 4.49. The van der Waals surface area contributed by atoms with E-state index in [9.17, 15) is 4.79 Å². The highest BCUT2D eigenvalue weighted by molar-refractivity contribution is 5.77. The van der Waals surface area contributed by atoms with Gasteiger partial charge in [0.15, 0.2) is 6.61 Å². The Morgan fingerprint density at radius 1 is 0.972 bits per heavy atom. The number of nitrogens with one attached hydrogen (secondary N) is 2. The zero-order valence-electron chi connectivity index (χ0n) is 23.1. The van der Waals surface area contributed by atoms with Crippen LogP contribution >= 0.6 is 0 Å². The summed E-state index contributed by atoms with van der Waals surface area (Å²) in [5.41, 5.74) is 2.23. The fourth-order valence-electron chi connectivity index (χ4n) is 4.49. The van der Waals surface area contributed by atoms with Crippen molar-refractivity contribution in [2.75, 3.05) is 19.8 Å². The Morgan fingerprint density at radius 3 is 2.31 bits per heavy atom. The molecule has 202 valence electrons. The molecule has 1 aromatic heterocycles. The van der Waals surface area contributed by atoms with Crippen molar-refractivity contribution < 1.29 is 14.3 Å². The van der Waals surface area contributed by atoms with Crippen molar-refractivity contribution in [3.8, 4) is 11.5 Å². The number of hydrogen-bond acceptors (Lipinski definition) is 4. The van der Waals surface area contributed by atoms with Crippen LogP contribution in [0.1, 0.15) is 109 Å². The third kappa shape index (κ3) is 12.5. The number of carbonyl (C=O) groups excluding carboxylic acids is 1. The number of nitrogens with zero attached hydrogens (tertiary/aromatic N) is 1. The van der Waals surface area contributed by atoms with Crippen molar-refractivity contribution in [2.45, 2.75) is 104 Å². The lowest BCUT2D eigenvalue weighted by Crippen LogP contribution is -2.30. The summed E-state index contributed by atoms with van der Waals surface area (Å²) in [6.07, 6.45) is 16.5. The van der Waals surface area contributed by atoms with Gasteiger partial charge < -0.3 is 19.8 Å². The number of benzene rings is 1. The maximum Gasteiger partial charge on any atom is 0.257 e. The highest BCUT2D eigenvalue weighted by atomic mass is 16.5. The number of unbranched alkanes of at least 4 members (excludes halogenated alkanes) is 7. The van der Waals surface area contributed by atoms with Crippen molar-refractivity contribution in [3.63, 3.8) is 0 Å². The first-order valence-corrected chi connectivity index (χ1v) is 14.2. The lowest BCUT2D eigenvalue weighted by molar-refractivity contribution is -0.123. The number of amides is 1. The average molecular weight is 500 g/mol. The smallest absolute Gasteiger partial charge is 0.257 e. The minimum atomic E-state index is -0.129. The molecule has 1 atom stereocenters. The summed E-state index contributed by atoms with van der Waals surface area (Å²) in [5, 5.41) is 2.91. The summed E-state index contributed by atoms with van der Waals surface area (Å²) < 4.78 is 12.1. The van der Waals surface area contributed by atoms with Gasteiger partial charge in [0, 0.05) is 30.9 Å². The lowest BCUT2D eigenvalue weighted by Gasteiger charge is -2.20. The predicted octanol–water partition coefficient (Wildman–Crippen LogP) is 7.21. The van der Waals surface area contributed by atoms with Gasteiger partial charge in [-0.1, -0.05) is 72.6 Å². The second-order valence-corrected chi connectivity index (χ2v) is 10.3. The highest BCUT2D eigenvalue weighted by Crippen LogP contribution is 2.33. The van der Waals surface area contributed by atoms with Crippen molar-refractivity contribution in [1.29, 1.82) is 0 Å². The Labute approximate surface area is 219 Å². The Kier molecular flexibility index (Phi) is 14.7. The molecule has 0 bridgehead atoms. The van der Waals surface area contributed by atoms with Crippen LogP contribution in [0.15, 0.2) is 30.7 Å². The molecule has 0 saturated carbocycles. The fraction of sp³-hybridized carbons (Fsp3) is 0.667. The van der Waals surface area contributed by atoms with E-state index in [1.165, 1.54) is 50.5 Å². The number of imidazole rings is 1. The molecular weight excluding hydrogens is 450 g/mol. The number of H-pyrrole nitrogens is 1. The summed E-state index contributed by atoms with van der Waals surface area (Å²) >= 11 is 0. The molecule has 0 radical (unpaired) electrons. The van der Waals surface area contributed by atoms with E-state index in [1.807, 2.05) is 6.07 Å². The van der Waals surface area contributed by atoms with Gasteiger partial charge in [0.05, 0.1) is 12.9 Å². The molecular formula is C30H49N3O3. The second kappa shape index (κ2) is 17.9. The molecule has 6 nitrogen and oxygen atoms in total. The summed E-state index contributed by atoms with van der Waals surface area (Å²) in [7, 11) is 0. The van der Waals surface area contributed by atoms with Crippen LogP contribution in [0.25, 0.3) is 0 Å². The van der Waals surface area contributed by atoms with E-state index in [0.29, 0.717) is 37.2 Å². The van der Waals surface area contributed by atoms with Gasteiger partial charge in [-0.05, 0) is 48.8 Å². The number of aromatic amines is 1. The standard InChI is InChI=1S/C30H49N3O3/c1-5-7-8-9-10-11-12-13-16-35-28-18-26(25(6-2)17-24(3)4)19-29(20-28)36-22-30(34)32-15-14-27-21-31-23-33-27/h18-21,23-25H,5-17,22H2,1-4H3,(H,31,33)(H,32,34). The van der Waals surface area contributed by atoms with Crippen molar-refractivity contribution in [1.82, 2.24) is 15.3 Å². The molecule has 0 fully saturated rings. The molecule has 2 N–H and O–H groups in total. The van der Waals surface area contributed by atoms with Crippen molar-refractivity contribution in [3.05, 3.63) is 42.0 Å². The molecule has 1 unspecified atom stereocenters. The van der Waals surface area contributed by atoms with Crippen LogP contribution in [0, 0.1) is 5.92 Å². The van der Waals surface area contributed by atoms with Gasteiger partial charge in [0.1, 0.15) is 11.5 Å². The van der Waals surface area contributed by atoms with Gasteiger partial charge in [-0.3, -0.25) is 4.79 Å². The monoisotopic (exact) mass is 499 g/mol.